The van der Waals surface area contributed by atoms with Gasteiger partial charge in [-0.3, -0.25) is 9.69 Å². The molecule has 1 amide bonds. The van der Waals surface area contributed by atoms with Crippen molar-refractivity contribution in [3.05, 3.63) is 29.3 Å². The molecule has 1 aromatic carbocycles. The van der Waals surface area contributed by atoms with Gasteiger partial charge in [0.15, 0.2) is 0 Å². The lowest BCUT2D eigenvalue weighted by Crippen LogP contribution is -2.33. The normalized spacial score (nSPS) is 15.2. The maximum absolute atomic E-state index is 11.2. The van der Waals surface area contributed by atoms with Gasteiger partial charge in [-0.05, 0) is 28.9 Å². The predicted octanol–water partition coefficient (Wildman–Crippen LogP) is 3.14. The van der Waals surface area contributed by atoms with Gasteiger partial charge >= 0.3 is 0 Å². The molecule has 20 heavy (non-hydrogen) atoms. The molecule has 0 fully saturated rings. The molecule has 0 saturated heterocycles. The number of fused-ring (bicyclic) bond motifs is 1. The molecule has 0 radical (unpaired) electrons. The second kappa shape index (κ2) is 7.14. The van der Waals surface area contributed by atoms with Crippen LogP contribution in [0.15, 0.2) is 18.2 Å². The van der Waals surface area contributed by atoms with Crippen LogP contribution in [0.4, 0.5) is 5.69 Å². The number of rotatable bonds is 5. The quantitative estimate of drug-likeness (QED) is 0.905. The summed E-state index contributed by atoms with van der Waals surface area (Å²) >= 11 is 2.02. The molecule has 1 aliphatic rings. The minimum atomic E-state index is 0.00848. The molecule has 0 aliphatic carbocycles. The van der Waals surface area contributed by atoms with Crippen LogP contribution in [-0.2, 0) is 17.8 Å². The lowest BCUT2D eigenvalue weighted by atomic mass is 9.98. The Morgan fingerprint density at radius 2 is 2.25 bits per heavy atom. The summed E-state index contributed by atoms with van der Waals surface area (Å²) in [6.45, 7) is 9.29. The summed E-state index contributed by atoms with van der Waals surface area (Å²) in [6.07, 6.45) is 1.03. The molecular weight excluding hydrogens is 268 g/mol. The highest BCUT2D eigenvalue weighted by atomic mass is 32.2. The SMILES string of the molecule is CC(=O)Nc1cccc2c1CCN(CCSC(C)C)C2. The van der Waals surface area contributed by atoms with Crippen molar-refractivity contribution in [1.82, 2.24) is 4.90 Å². The average Bonchev–Trinajstić information content (AvgIpc) is 2.37. The van der Waals surface area contributed by atoms with Crippen molar-refractivity contribution in [2.45, 2.75) is 39.0 Å². The molecule has 1 aromatic rings. The van der Waals surface area contributed by atoms with Gasteiger partial charge < -0.3 is 5.32 Å². The van der Waals surface area contributed by atoms with Crippen molar-refractivity contribution in [2.75, 3.05) is 24.2 Å². The first kappa shape index (κ1) is 15.4. The van der Waals surface area contributed by atoms with Crippen molar-refractivity contribution >= 4 is 23.4 Å². The summed E-state index contributed by atoms with van der Waals surface area (Å²) in [5.74, 6) is 1.20. The number of thioether (sulfide) groups is 1. The Morgan fingerprint density at radius 1 is 1.45 bits per heavy atom. The van der Waals surface area contributed by atoms with Crippen LogP contribution in [0.2, 0.25) is 0 Å². The van der Waals surface area contributed by atoms with Gasteiger partial charge in [-0.1, -0.05) is 26.0 Å². The summed E-state index contributed by atoms with van der Waals surface area (Å²) in [7, 11) is 0. The minimum Gasteiger partial charge on any atom is -0.326 e. The molecule has 0 atom stereocenters. The molecule has 1 aliphatic heterocycles. The number of carbonyl (C=O) groups excluding carboxylic acids is 1. The fourth-order valence-electron chi connectivity index (χ4n) is 2.58. The van der Waals surface area contributed by atoms with Gasteiger partial charge in [0, 0.05) is 38.0 Å². The van der Waals surface area contributed by atoms with Crippen LogP contribution in [0.1, 0.15) is 31.9 Å². The van der Waals surface area contributed by atoms with E-state index in [0.717, 1.165) is 31.7 Å². The van der Waals surface area contributed by atoms with Crippen LogP contribution < -0.4 is 5.32 Å². The van der Waals surface area contributed by atoms with E-state index < -0.39 is 0 Å². The molecule has 0 unspecified atom stereocenters. The van der Waals surface area contributed by atoms with E-state index >= 15 is 0 Å². The van der Waals surface area contributed by atoms with E-state index in [-0.39, 0.29) is 5.91 Å². The number of nitrogens with one attached hydrogen (secondary N) is 1. The third-order valence-corrected chi connectivity index (χ3v) is 4.60. The summed E-state index contributed by atoms with van der Waals surface area (Å²) in [6, 6.07) is 6.23. The topological polar surface area (TPSA) is 32.3 Å². The number of carbonyl (C=O) groups is 1. The number of nitrogens with zero attached hydrogens (tertiary/aromatic N) is 1. The Labute approximate surface area is 126 Å². The molecule has 1 heterocycles. The first-order valence-electron chi connectivity index (χ1n) is 7.28. The Kier molecular flexibility index (Phi) is 5.49. The van der Waals surface area contributed by atoms with E-state index in [4.69, 9.17) is 0 Å². The van der Waals surface area contributed by atoms with E-state index in [9.17, 15) is 4.79 Å². The van der Waals surface area contributed by atoms with Crippen molar-refractivity contribution in [1.29, 1.82) is 0 Å². The minimum absolute atomic E-state index is 0.00848. The monoisotopic (exact) mass is 292 g/mol. The molecule has 3 nitrogen and oxygen atoms in total. The molecular formula is C16H24N2OS. The van der Waals surface area contributed by atoms with E-state index in [1.165, 1.54) is 16.9 Å². The van der Waals surface area contributed by atoms with Crippen molar-refractivity contribution in [3.8, 4) is 0 Å². The zero-order valence-corrected chi connectivity index (χ0v) is 13.4. The number of anilines is 1. The van der Waals surface area contributed by atoms with Crippen LogP contribution in [0.3, 0.4) is 0 Å². The molecule has 0 spiro atoms. The molecule has 0 saturated carbocycles. The van der Waals surface area contributed by atoms with Crippen molar-refractivity contribution in [3.63, 3.8) is 0 Å². The Hall–Kier alpha value is -1.00. The lowest BCUT2D eigenvalue weighted by Gasteiger charge is -2.30. The van der Waals surface area contributed by atoms with Crippen LogP contribution in [0.5, 0.6) is 0 Å². The highest BCUT2D eigenvalue weighted by Crippen LogP contribution is 2.26. The van der Waals surface area contributed by atoms with Gasteiger partial charge in [0.05, 0.1) is 0 Å². The third-order valence-electron chi connectivity index (χ3n) is 3.51. The second-order valence-corrected chi connectivity index (χ2v) is 7.25. The predicted molar refractivity (Wildman–Crippen MR) is 87.3 cm³/mol. The Bertz CT molecular complexity index is 474. The zero-order valence-electron chi connectivity index (χ0n) is 12.6. The van der Waals surface area contributed by atoms with E-state index in [0.29, 0.717) is 5.25 Å². The number of benzene rings is 1. The third kappa shape index (κ3) is 4.25. The van der Waals surface area contributed by atoms with E-state index in [1.807, 2.05) is 23.9 Å². The van der Waals surface area contributed by atoms with Gasteiger partial charge in [-0.15, -0.1) is 0 Å². The summed E-state index contributed by atoms with van der Waals surface area (Å²) in [4.78, 5) is 13.8. The van der Waals surface area contributed by atoms with Crippen molar-refractivity contribution in [2.24, 2.45) is 0 Å². The standard InChI is InChI=1S/C16H24N2OS/c1-12(2)20-10-9-18-8-7-15-14(11-18)5-4-6-16(15)17-13(3)19/h4-6,12H,7-11H2,1-3H3,(H,17,19). The number of hydrogen-bond acceptors (Lipinski definition) is 3. The van der Waals surface area contributed by atoms with Gasteiger partial charge in [0.25, 0.3) is 0 Å². The van der Waals surface area contributed by atoms with Crippen LogP contribution in [0, 0.1) is 0 Å². The van der Waals surface area contributed by atoms with Crippen LogP contribution in [0.25, 0.3) is 0 Å². The Balaban J connectivity index is 1.98. The first-order valence-corrected chi connectivity index (χ1v) is 8.33. The number of hydrogen-bond donors (Lipinski definition) is 1. The van der Waals surface area contributed by atoms with E-state index in [1.54, 1.807) is 6.92 Å². The fraction of sp³-hybridized carbons (Fsp3) is 0.562. The zero-order chi connectivity index (χ0) is 14.5. The molecule has 4 heteroatoms. The first-order chi connectivity index (χ1) is 9.56. The van der Waals surface area contributed by atoms with E-state index in [2.05, 4.69) is 30.1 Å². The summed E-state index contributed by atoms with van der Waals surface area (Å²) in [5, 5.41) is 3.65. The fourth-order valence-corrected chi connectivity index (χ4v) is 3.42. The lowest BCUT2D eigenvalue weighted by molar-refractivity contribution is -0.114. The van der Waals surface area contributed by atoms with Crippen molar-refractivity contribution < 1.29 is 4.79 Å². The maximum atomic E-state index is 11.2. The summed E-state index contributed by atoms with van der Waals surface area (Å²) < 4.78 is 0. The maximum Gasteiger partial charge on any atom is 0.221 e. The molecule has 2 rings (SSSR count). The molecule has 0 aromatic heterocycles. The molecule has 1 N–H and O–H groups in total. The van der Waals surface area contributed by atoms with Gasteiger partial charge in [0.1, 0.15) is 0 Å². The highest BCUT2D eigenvalue weighted by Gasteiger charge is 2.18. The molecule has 0 bridgehead atoms. The van der Waals surface area contributed by atoms with Gasteiger partial charge in [0.2, 0.25) is 5.91 Å². The molecule has 110 valence electrons. The Morgan fingerprint density at radius 3 is 2.95 bits per heavy atom. The average molecular weight is 292 g/mol. The largest absolute Gasteiger partial charge is 0.326 e. The van der Waals surface area contributed by atoms with Crippen LogP contribution in [-0.4, -0.2) is 34.9 Å². The smallest absolute Gasteiger partial charge is 0.221 e. The van der Waals surface area contributed by atoms with Gasteiger partial charge in [-0.25, -0.2) is 0 Å². The second-order valence-electron chi connectivity index (χ2n) is 5.57. The van der Waals surface area contributed by atoms with Gasteiger partial charge in [-0.2, -0.15) is 11.8 Å². The van der Waals surface area contributed by atoms with Crippen LogP contribution >= 0.6 is 11.8 Å². The number of amides is 1. The highest BCUT2D eigenvalue weighted by molar-refractivity contribution is 7.99. The summed E-state index contributed by atoms with van der Waals surface area (Å²) in [5.41, 5.74) is 3.67.